The van der Waals surface area contributed by atoms with Gasteiger partial charge < -0.3 is 9.64 Å². The van der Waals surface area contributed by atoms with Crippen LogP contribution in [0.15, 0.2) is 36.5 Å². The summed E-state index contributed by atoms with van der Waals surface area (Å²) >= 11 is 12.0. The standard InChI is InChI=1S/C21H23Cl2N3O2/c22-16-11-17(23)13-19(12-16)28-20-6-5-15(14-24-20)21(27)26-8-2-7-25(9-10-26)18-3-1-4-18/h5-6,11-14,18H,1-4,7-10H2. The highest BCUT2D eigenvalue weighted by molar-refractivity contribution is 6.34. The van der Waals surface area contributed by atoms with Gasteiger partial charge in [0.1, 0.15) is 5.75 Å². The van der Waals surface area contributed by atoms with Gasteiger partial charge in [-0.3, -0.25) is 9.69 Å². The van der Waals surface area contributed by atoms with Crippen molar-refractivity contribution >= 4 is 29.1 Å². The Labute approximate surface area is 175 Å². The Morgan fingerprint density at radius 1 is 1.00 bits per heavy atom. The van der Waals surface area contributed by atoms with Crippen molar-refractivity contribution in [3.05, 3.63) is 52.1 Å². The maximum Gasteiger partial charge on any atom is 0.255 e. The average molecular weight is 420 g/mol. The second kappa shape index (κ2) is 8.68. The van der Waals surface area contributed by atoms with E-state index in [2.05, 4.69) is 9.88 Å². The summed E-state index contributed by atoms with van der Waals surface area (Å²) in [6, 6.07) is 9.15. The van der Waals surface area contributed by atoms with Crippen molar-refractivity contribution < 1.29 is 9.53 Å². The van der Waals surface area contributed by atoms with Crippen molar-refractivity contribution in [1.82, 2.24) is 14.8 Å². The van der Waals surface area contributed by atoms with Crippen LogP contribution in [0.2, 0.25) is 10.0 Å². The highest BCUT2D eigenvalue weighted by atomic mass is 35.5. The van der Waals surface area contributed by atoms with Gasteiger partial charge in [0.25, 0.3) is 5.91 Å². The number of ether oxygens (including phenoxy) is 1. The number of hydrogen-bond acceptors (Lipinski definition) is 4. The van der Waals surface area contributed by atoms with Crippen LogP contribution in [0.5, 0.6) is 11.6 Å². The fourth-order valence-electron chi connectivity index (χ4n) is 3.72. The van der Waals surface area contributed by atoms with Gasteiger partial charge in [0.2, 0.25) is 5.88 Å². The first-order valence-corrected chi connectivity index (χ1v) is 10.5. The molecule has 1 aromatic carbocycles. The molecule has 7 heteroatoms. The first-order chi connectivity index (χ1) is 13.6. The Bertz CT molecular complexity index is 820. The van der Waals surface area contributed by atoms with E-state index < -0.39 is 0 Å². The number of hydrogen-bond donors (Lipinski definition) is 0. The minimum atomic E-state index is 0.0281. The smallest absolute Gasteiger partial charge is 0.255 e. The number of halogens is 2. The number of benzene rings is 1. The molecule has 148 valence electrons. The van der Waals surface area contributed by atoms with E-state index >= 15 is 0 Å². The van der Waals surface area contributed by atoms with Gasteiger partial charge in [-0.05, 0) is 43.5 Å². The highest BCUT2D eigenvalue weighted by Crippen LogP contribution is 2.28. The van der Waals surface area contributed by atoms with Gasteiger partial charge in [-0.15, -0.1) is 0 Å². The molecule has 1 aliphatic carbocycles. The van der Waals surface area contributed by atoms with Gasteiger partial charge in [-0.1, -0.05) is 29.6 Å². The predicted octanol–water partition coefficient (Wildman–Crippen LogP) is 4.88. The molecule has 0 spiro atoms. The van der Waals surface area contributed by atoms with Crippen LogP contribution in [0.4, 0.5) is 0 Å². The first-order valence-electron chi connectivity index (χ1n) is 9.72. The average Bonchev–Trinajstić information content (AvgIpc) is 2.86. The SMILES string of the molecule is O=C(c1ccc(Oc2cc(Cl)cc(Cl)c2)nc1)N1CCCN(C2CCC2)CC1. The van der Waals surface area contributed by atoms with E-state index in [-0.39, 0.29) is 5.91 Å². The zero-order valence-electron chi connectivity index (χ0n) is 15.6. The monoisotopic (exact) mass is 419 g/mol. The number of amides is 1. The Balaban J connectivity index is 1.38. The van der Waals surface area contributed by atoms with Crippen LogP contribution >= 0.6 is 23.2 Å². The summed E-state index contributed by atoms with van der Waals surface area (Å²) in [6.07, 6.45) is 6.53. The van der Waals surface area contributed by atoms with E-state index in [1.165, 1.54) is 19.3 Å². The number of rotatable bonds is 4. The number of carbonyl (C=O) groups is 1. The van der Waals surface area contributed by atoms with Crippen LogP contribution in [0.3, 0.4) is 0 Å². The van der Waals surface area contributed by atoms with Gasteiger partial charge in [-0.25, -0.2) is 4.98 Å². The second-order valence-electron chi connectivity index (χ2n) is 7.36. The fourth-order valence-corrected chi connectivity index (χ4v) is 4.22. The summed E-state index contributed by atoms with van der Waals surface area (Å²) in [4.78, 5) is 21.6. The highest BCUT2D eigenvalue weighted by Gasteiger charge is 2.28. The summed E-state index contributed by atoms with van der Waals surface area (Å²) in [5.74, 6) is 0.926. The zero-order valence-corrected chi connectivity index (χ0v) is 17.1. The van der Waals surface area contributed by atoms with Crippen molar-refractivity contribution in [2.24, 2.45) is 0 Å². The summed E-state index contributed by atoms with van der Waals surface area (Å²) in [5.41, 5.74) is 0.577. The van der Waals surface area contributed by atoms with Gasteiger partial charge in [-0.2, -0.15) is 0 Å². The summed E-state index contributed by atoms with van der Waals surface area (Å²) in [7, 11) is 0. The van der Waals surface area contributed by atoms with E-state index in [4.69, 9.17) is 27.9 Å². The Morgan fingerprint density at radius 2 is 1.79 bits per heavy atom. The van der Waals surface area contributed by atoms with Crippen molar-refractivity contribution in [2.75, 3.05) is 26.2 Å². The molecule has 2 heterocycles. The second-order valence-corrected chi connectivity index (χ2v) is 8.23. The van der Waals surface area contributed by atoms with Gasteiger partial charge >= 0.3 is 0 Å². The van der Waals surface area contributed by atoms with Crippen molar-refractivity contribution in [2.45, 2.75) is 31.7 Å². The molecule has 1 saturated carbocycles. The Kier molecular flexibility index (Phi) is 6.04. The minimum Gasteiger partial charge on any atom is -0.439 e. The maximum absolute atomic E-state index is 12.9. The third-order valence-corrected chi connectivity index (χ3v) is 5.89. The third kappa shape index (κ3) is 4.59. The molecule has 0 unspecified atom stereocenters. The van der Waals surface area contributed by atoms with Crippen LogP contribution in [0.25, 0.3) is 0 Å². The van der Waals surface area contributed by atoms with Crippen LogP contribution in [0, 0.1) is 0 Å². The van der Waals surface area contributed by atoms with Crippen molar-refractivity contribution in [3.8, 4) is 11.6 Å². The van der Waals surface area contributed by atoms with Crippen molar-refractivity contribution in [1.29, 1.82) is 0 Å². The third-order valence-electron chi connectivity index (χ3n) is 5.45. The van der Waals surface area contributed by atoms with E-state index in [1.807, 2.05) is 4.90 Å². The topological polar surface area (TPSA) is 45.7 Å². The van der Waals surface area contributed by atoms with Crippen LogP contribution < -0.4 is 4.74 Å². The zero-order chi connectivity index (χ0) is 19.5. The molecule has 1 aromatic heterocycles. The lowest BCUT2D eigenvalue weighted by molar-refractivity contribution is 0.0749. The Hall–Kier alpha value is -1.82. The normalized spacial score (nSPS) is 18.4. The summed E-state index contributed by atoms with van der Waals surface area (Å²) in [5, 5.41) is 0.984. The van der Waals surface area contributed by atoms with Crippen LogP contribution in [0.1, 0.15) is 36.0 Å². The maximum atomic E-state index is 12.9. The largest absolute Gasteiger partial charge is 0.439 e. The molecule has 2 fully saturated rings. The minimum absolute atomic E-state index is 0.0281. The molecule has 0 radical (unpaired) electrons. The first kappa shape index (κ1) is 19.5. The van der Waals surface area contributed by atoms with Gasteiger partial charge in [0, 0.05) is 54.5 Å². The van der Waals surface area contributed by atoms with E-state index in [9.17, 15) is 4.79 Å². The molecule has 0 atom stereocenters. The summed E-state index contributed by atoms with van der Waals surface area (Å²) < 4.78 is 5.69. The van der Waals surface area contributed by atoms with Crippen LogP contribution in [-0.2, 0) is 0 Å². The number of pyridine rings is 1. The lowest BCUT2D eigenvalue weighted by atomic mass is 9.91. The lowest BCUT2D eigenvalue weighted by Crippen LogP contribution is -2.42. The van der Waals surface area contributed by atoms with E-state index in [0.717, 1.165) is 38.6 Å². The van der Waals surface area contributed by atoms with Gasteiger partial charge in [0.05, 0.1) is 5.56 Å². The Morgan fingerprint density at radius 3 is 2.43 bits per heavy atom. The van der Waals surface area contributed by atoms with Gasteiger partial charge in [0.15, 0.2) is 0 Å². The molecule has 2 aromatic rings. The van der Waals surface area contributed by atoms with Crippen molar-refractivity contribution in [3.63, 3.8) is 0 Å². The molecule has 2 aliphatic rings. The molecule has 5 nitrogen and oxygen atoms in total. The van der Waals surface area contributed by atoms with Crippen LogP contribution in [-0.4, -0.2) is 52.9 Å². The number of aromatic nitrogens is 1. The molecule has 0 N–H and O–H groups in total. The van der Waals surface area contributed by atoms with E-state index in [0.29, 0.717) is 27.2 Å². The fraction of sp³-hybridized carbons (Fsp3) is 0.429. The molecule has 1 amide bonds. The number of nitrogens with zero attached hydrogens (tertiary/aromatic N) is 3. The molecular weight excluding hydrogens is 397 g/mol. The molecule has 0 bridgehead atoms. The van der Waals surface area contributed by atoms with E-state index in [1.54, 1.807) is 36.5 Å². The number of carbonyl (C=O) groups excluding carboxylic acids is 1. The molecule has 1 aliphatic heterocycles. The predicted molar refractivity (Wildman–Crippen MR) is 111 cm³/mol. The molecule has 1 saturated heterocycles. The molecular formula is C21H23Cl2N3O2. The molecule has 28 heavy (non-hydrogen) atoms. The molecule has 4 rings (SSSR count). The quantitative estimate of drug-likeness (QED) is 0.707. The lowest BCUT2D eigenvalue weighted by Gasteiger charge is -2.36. The summed E-state index contributed by atoms with van der Waals surface area (Å²) in [6.45, 7) is 3.61.